The van der Waals surface area contributed by atoms with Crippen LogP contribution in [0.1, 0.15) is 25.0 Å². The van der Waals surface area contributed by atoms with Crippen LogP contribution in [0.2, 0.25) is 0 Å². The van der Waals surface area contributed by atoms with Crippen LogP contribution in [-0.4, -0.2) is 4.57 Å². The molecule has 2 nitrogen and oxygen atoms in total. The van der Waals surface area contributed by atoms with Crippen molar-refractivity contribution in [1.29, 1.82) is 0 Å². The first-order valence-electron chi connectivity index (χ1n) is 14.5. The van der Waals surface area contributed by atoms with Crippen molar-refractivity contribution in [3.8, 4) is 16.8 Å². The summed E-state index contributed by atoms with van der Waals surface area (Å²) in [6.45, 7) is 4.75. The minimum Gasteiger partial charge on any atom is -0.455 e. The normalized spacial score (nSPS) is 14.1. The standard InChI is InChI=1S/C39H25NOS/c1-39(2)28-15-7-3-12-24(28)33-36(39)34-26-14-5-9-17-30(26)41-38(34)35-25-13-4-8-16-29(25)40(37(33)35)22-19-20-32-27(21-22)23-11-6-10-18-31(23)42-32/h3-21H,1-2H3. The molecule has 0 unspecified atom stereocenters. The summed E-state index contributed by atoms with van der Waals surface area (Å²) in [6.07, 6.45) is 0. The van der Waals surface area contributed by atoms with Gasteiger partial charge in [-0.3, -0.25) is 0 Å². The molecule has 0 atom stereocenters. The maximum atomic E-state index is 6.84. The van der Waals surface area contributed by atoms with Gasteiger partial charge in [-0.25, -0.2) is 0 Å². The van der Waals surface area contributed by atoms with Gasteiger partial charge in [-0.2, -0.15) is 0 Å². The zero-order valence-corrected chi connectivity index (χ0v) is 24.0. The van der Waals surface area contributed by atoms with Crippen molar-refractivity contribution in [3.63, 3.8) is 0 Å². The predicted molar refractivity (Wildman–Crippen MR) is 179 cm³/mol. The van der Waals surface area contributed by atoms with Crippen molar-refractivity contribution < 1.29 is 4.42 Å². The second-order valence-corrected chi connectivity index (χ2v) is 13.2. The molecule has 9 aromatic rings. The molecule has 0 N–H and O–H groups in total. The molecule has 1 aliphatic carbocycles. The van der Waals surface area contributed by atoms with Crippen molar-refractivity contribution in [3.05, 3.63) is 126 Å². The van der Waals surface area contributed by atoms with Gasteiger partial charge >= 0.3 is 0 Å². The SMILES string of the molecule is CC1(C)c2ccccc2-c2c1c1c3ccccc3oc1c1c3ccccc3n(-c3ccc4sc5ccccc5c4c3)c21. The molecule has 42 heavy (non-hydrogen) atoms. The lowest BCUT2D eigenvalue weighted by Gasteiger charge is -2.22. The summed E-state index contributed by atoms with van der Waals surface area (Å²) in [7, 11) is 0. The molecule has 1 aliphatic rings. The average molecular weight is 556 g/mol. The molecule has 3 heteroatoms. The first-order chi connectivity index (χ1) is 20.6. The Morgan fingerprint density at radius 3 is 2.26 bits per heavy atom. The molecule has 0 fully saturated rings. The van der Waals surface area contributed by atoms with Crippen LogP contribution < -0.4 is 0 Å². The Morgan fingerprint density at radius 1 is 0.643 bits per heavy atom. The zero-order chi connectivity index (χ0) is 27.7. The summed E-state index contributed by atoms with van der Waals surface area (Å²) in [5.74, 6) is 0. The lowest BCUT2D eigenvalue weighted by atomic mass is 9.80. The Balaban J connectivity index is 1.48. The van der Waals surface area contributed by atoms with Crippen LogP contribution in [0.5, 0.6) is 0 Å². The van der Waals surface area contributed by atoms with E-state index in [1.165, 1.54) is 80.7 Å². The molecular formula is C39H25NOS. The van der Waals surface area contributed by atoms with E-state index in [0.717, 1.165) is 11.2 Å². The topological polar surface area (TPSA) is 18.1 Å². The van der Waals surface area contributed by atoms with E-state index in [1.54, 1.807) is 0 Å². The number of furan rings is 1. The first kappa shape index (κ1) is 22.8. The van der Waals surface area contributed by atoms with Crippen molar-refractivity contribution in [2.75, 3.05) is 0 Å². The van der Waals surface area contributed by atoms with E-state index in [-0.39, 0.29) is 5.41 Å². The Morgan fingerprint density at radius 2 is 1.36 bits per heavy atom. The second-order valence-electron chi connectivity index (χ2n) is 12.1. The van der Waals surface area contributed by atoms with Gasteiger partial charge in [0.15, 0.2) is 0 Å². The highest BCUT2D eigenvalue weighted by atomic mass is 32.1. The van der Waals surface area contributed by atoms with E-state index in [2.05, 4.69) is 134 Å². The lowest BCUT2D eigenvalue weighted by molar-refractivity contribution is 0.659. The smallest absolute Gasteiger partial charge is 0.145 e. The van der Waals surface area contributed by atoms with E-state index in [9.17, 15) is 0 Å². The molecule has 198 valence electrons. The minimum absolute atomic E-state index is 0.181. The highest BCUT2D eigenvalue weighted by Crippen LogP contribution is 2.57. The van der Waals surface area contributed by atoms with Crippen LogP contribution in [0.4, 0.5) is 0 Å². The summed E-state index contributed by atoms with van der Waals surface area (Å²) in [6, 6.07) is 42.1. The summed E-state index contributed by atoms with van der Waals surface area (Å²) >= 11 is 1.87. The van der Waals surface area contributed by atoms with Crippen LogP contribution in [0.25, 0.3) is 80.7 Å². The van der Waals surface area contributed by atoms with Crippen molar-refractivity contribution >= 4 is 75.3 Å². The Hall–Kier alpha value is -4.86. The second kappa shape index (κ2) is 7.70. The van der Waals surface area contributed by atoms with E-state index in [0.29, 0.717) is 0 Å². The maximum absolute atomic E-state index is 6.84. The molecule has 0 spiro atoms. The molecule has 6 aromatic carbocycles. The molecule has 10 rings (SSSR count). The molecule has 0 amide bonds. The van der Waals surface area contributed by atoms with Crippen LogP contribution in [0.15, 0.2) is 120 Å². The number of thiophene rings is 1. The van der Waals surface area contributed by atoms with Gasteiger partial charge in [-0.15, -0.1) is 11.3 Å². The maximum Gasteiger partial charge on any atom is 0.145 e. The zero-order valence-electron chi connectivity index (χ0n) is 23.2. The van der Waals surface area contributed by atoms with Crippen LogP contribution in [0, 0.1) is 0 Å². The van der Waals surface area contributed by atoms with Crippen molar-refractivity contribution in [2.45, 2.75) is 19.3 Å². The largest absolute Gasteiger partial charge is 0.455 e. The van der Waals surface area contributed by atoms with Gasteiger partial charge in [0.05, 0.1) is 16.4 Å². The van der Waals surface area contributed by atoms with Gasteiger partial charge in [0.25, 0.3) is 0 Å². The Labute approximate surface area is 246 Å². The van der Waals surface area contributed by atoms with Crippen molar-refractivity contribution in [2.24, 2.45) is 0 Å². The molecule has 3 aromatic heterocycles. The third-order valence-electron chi connectivity index (χ3n) is 9.55. The van der Waals surface area contributed by atoms with Gasteiger partial charge in [0.2, 0.25) is 0 Å². The van der Waals surface area contributed by atoms with E-state index in [1.807, 2.05) is 11.3 Å². The molecule has 0 saturated carbocycles. The number of para-hydroxylation sites is 2. The predicted octanol–water partition coefficient (Wildman–Crippen LogP) is 11.4. The quantitative estimate of drug-likeness (QED) is 0.197. The van der Waals surface area contributed by atoms with E-state index >= 15 is 0 Å². The third kappa shape index (κ3) is 2.66. The van der Waals surface area contributed by atoms with Gasteiger partial charge in [0.1, 0.15) is 11.2 Å². The lowest BCUT2D eigenvalue weighted by Crippen LogP contribution is -2.15. The van der Waals surface area contributed by atoms with E-state index in [4.69, 9.17) is 4.42 Å². The van der Waals surface area contributed by atoms with Gasteiger partial charge in [-0.05, 0) is 53.1 Å². The number of nitrogens with zero attached hydrogens (tertiary/aromatic N) is 1. The molecule has 0 aliphatic heterocycles. The number of aromatic nitrogens is 1. The Bertz CT molecular complexity index is 2610. The van der Waals surface area contributed by atoms with Gasteiger partial charge in [0, 0.05) is 53.0 Å². The van der Waals surface area contributed by atoms with Gasteiger partial charge in [-0.1, -0.05) is 92.7 Å². The number of hydrogen-bond donors (Lipinski definition) is 0. The summed E-state index contributed by atoms with van der Waals surface area (Å²) in [4.78, 5) is 0. The van der Waals surface area contributed by atoms with Crippen LogP contribution >= 0.6 is 11.3 Å². The summed E-state index contributed by atoms with van der Waals surface area (Å²) in [5, 5.41) is 7.47. The van der Waals surface area contributed by atoms with Crippen LogP contribution in [0.3, 0.4) is 0 Å². The Kier molecular flexibility index (Phi) is 4.18. The first-order valence-corrected chi connectivity index (χ1v) is 15.4. The minimum atomic E-state index is -0.181. The summed E-state index contributed by atoms with van der Waals surface area (Å²) in [5.41, 5.74) is 10.7. The van der Waals surface area contributed by atoms with Crippen molar-refractivity contribution in [1.82, 2.24) is 4.57 Å². The fourth-order valence-corrected chi connectivity index (χ4v) is 8.90. The third-order valence-corrected chi connectivity index (χ3v) is 10.7. The highest BCUT2D eigenvalue weighted by Gasteiger charge is 2.41. The molecule has 3 heterocycles. The average Bonchev–Trinajstić information content (AvgIpc) is 3.74. The molecule has 0 saturated heterocycles. The summed E-state index contributed by atoms with van der Waals surface area (Å²) < 4.78 is 12.0. The fourth-order valence-electron chi connectivity index (χ4n) is 7.81. The molecule has 0 bridgehead atoms. The molecular weight excluding hydrogens is 531 g/mol. The molecule has 0 radical (unpaired) electrons. The number of fused-ring (bicyclic) bond motifs is 15. The number of hydrogen-bond acceptors (Lipinski definition) is 2. The van der Waals surface area contributed by atoms with Crippen LogP contribution in [-0.2, 0) is 5.41 Å². The monoisotopic (exact) mass is 555 g/mol. The highest BCUT2D eigenvalue weighted by molar-refractivity contribution is 7.25. The van der Waals surface area contributed by atoms with E-state index < -0.39 is 0 Å². The fraction of sp³-hybridized carbons (Fsp3) is 0.0769. The van der Waals surface area contributed by atoms with Gasteiger partial charge < -0.3 is 8.98 Å². The number of rotatable bonds is 1. The number of benzene rings is 6.